The van der Waals surface area contributed by atoms with E-state index in [9.17, 15) is 18.0 Å². The average Bonchev–Trinajstić information content (AvgIpc) is 2.65. The summed E-state index contributed by atoms with van der Waals surface area (Å²) in [5.41, 5.74) is 0.444. The Balaban J connectivity index is 1.47. The minimum atomic E-state index is -4.41. The lowest BCUT2D eigenvalue weighted by atomic mass is 10.1. The van der Waals surface area contributed by atoms with Crippen LogP contribution in [0.1, 0.15) is 11.1 Å². The summed E-state index contributed by atoms with van der Waals surface area (Å²) in [7, 11) is 0. The van der Waals surface area contributed by atoms with Crippen molar-refractivity contribution >= 4 is 22.6 Å². The molecule has 0 fully saturated rings. The number of hydrogen-bond acceptors (Lipinski definition) is 3. The van der Waals surface area contributed by atoms with E-state index < -0.39 is 11.7 Å². The summed E-state index contributed by atoms with van der Waals surface area (Å²) >= 11 is 0. The Morgan fingerprint density at radius 3 is 2.59 bits per heavy atom. The fourth-order valence-corrected chi connectivity index (χ4v) is 2.66. The molecular weight excluding hydrogens is 355 g/mol. The molecule has 1 amide bonds. The van der Waals surface area contributed by atoms with Gasteiger partial charge in [-0.3, -0.25) is 4.79 Å². The lowest BCUT2D eigenvalue weighted by Gasteiger charge is -2.10. The van der Waals surface area contributed by atoms with Crippen LogP contribution in [0.2, 0.25) is 0 Å². The molecule has 7 heteroatoms. The van der Waals surface area contributed by atoms with Gasteiger partial charge in [0.25, 0.3) is 0 Å². The lowest BCUT2D eigenvalue weighted by Crippen LogP contribution is -2.30. The Morgan fingerprint density at radius 2 is 1.78 bits per heavy atom. The summed E-state index contributed by atoms with van der Waals surface area (Å²) < 4.78 is 38.1. The number of carbonyl (C=O) groups is 1. The van der Waals surface area contributed by atoms with Crippen LogP contribution in [0.15, 0.2) is 60.7 Å². The van der Waals surface area contributed by atoms with E-state index in [4.69, 9.17) is 0 Å². The molecule has 2 aromatic carbocycles. The normalized spacial score (nSPS) is 11.4. The number of halogens is 3. The zero-order valence-corrected chi connectivity index (χ0v) is 14.4. The Bertz CT molecular complexity index is 941. The molecule has 1 heterocycles. The van der Waals surface area contributed by atoms with Crippen LogP contribution in [0.5, 0.6) is 0 Å². The van der Waals surface area contributed by atoms with Gasteiger partial charge in [-0.1, -0.05) is 36.4 Å². The predicted molar refractivity (Wildman–Crippen MR) is 98.4 cm³/mol. The van der Waals surface area contributed by atoms with Gasteiger partial charge in [0.2, 0.25) is 5.91 Å². The molecule has 4 nitrogen and oxygen atoms in total. The molecule has 0 saturated carbocycles. The van der Waals surface area contributed by atoms with Crippen molar-refractivity contribution in [2.24, 2.45) is 0 Å². The highest BCUT2D eigenvalue weighted by atomic mass is 19.4. The van der Waals surface area contributed by atoms with Crippen molar-refractivity contribution in [3.8, 4) is 0 Å². The Kier molecular flexibility index (Phi) is 5.59. The fourth-order valence-electron chi connectivity index (χ4n) is 2.66. The third-order valence-corrected chi connectivity index (χ3v) is 3.97. The maximum atomic E-state index is 12.7. The molecule has 3 aromatic rings. The van der Waals surface area contributed by atoms with Gasteiger partial charge in [0, 0.05) is 18.5 Å². The van der Waals surface area contributed by atoms with Gasteiger partial charge in [-0.2, -0.15) is 13.2 Å². The highest BCUT2D eigenvalue weighted by molar-refractivity contribution is 5.80. The number of rotatable bonds is 6. The second-order valence-corrected chi connectivity index (χ2v) is 6.04. The number of nitrogens with zero attached hydrogens (tertiary/aromatic N) is 1. The van der Waals surface area contributed by atoms with Gasteiger partial charge >= 0.3 is 6.18 Å². The monoisotopic (exact) mass is 373 g/mol. The van der Waals surface area contributed by atoms with Crippen molar-refractivity contribution in [2.75, 3.05) is 18.4 Å². The van der Waals surface area contributed by atoms with Crippen LogP contribution in [0.4, 0.5) is 19.0 Å². The summed E-state index contributed by atoms with van der Waals surface area (Å²) in [6.07, 6.45) is -4.51. The zero-order valence-electron chi connectivity index (χ0n) is 14.4. The molecule has 0 atom stereocenters. The van der Waals surface area contributed by atoms with Crippen molar-refractivity contribution in [1.82, 2.24) is 10.3 Å². The number of amides is 1. The van der Waals surface area contributed by atoms with Crippen molar-refractivity contribution in [1.29, 1.82) is 0 Å². The average molecular weight is 373 g/mol. The first-order chi connectivity index (χ1) is 12.9. The number of pyridine rings is 1. The largest absolute Gasteiger partial charge is 0.416 e. The van der Waals surface area contributed by atoms with Gasteiger partial charge in [-0.05, 0) is 29.8 Å². The van der Waals surface area contributed by atoms with E-state index in [0.717, 1.165) is 23.0 Å². The van der Waals surface area contributed by atoms with Crippen LogP contribution in [0.3, 0.4) is 0 Å². The molecule has 0 spiro atoms. The SMILES string of the molecule is O=C(Cc1cccc(C(F)(F)F)c1)NCCNc1ccc2ccccc2n1. The highest BCUT2D eigenvalue weighted by Gasteiger charge is 2.30. The second-order valence-electron chi connectivity index (χ2n) is 6.04. The van der Waals surface area contributed by atoms with Crippen molar-refractivity contribution in [2.45, 2.75) is 12.6 Å². The van der Waals surface area contributed by atoms with E-state index in [1.807, 2.05) is 36.4 Å². The molecule has 0 aliphatic carbocycles. The van der Waals surface area contributed by atoms with E-state index >= 15 is 0 Å². The molecular formula is C20H18F3N3O. The molecule has 27 heavy (non-hydrogen) atoms. The molecule has 0 saturated heterocycles. The summed E-state index contributed by atoms with van der Waals surface area (Å²) in [6, 6.07) is 16.3. The number of carbonyl (C=O) groups excluding carboxylic acids is 1. The van der Waals surface area contributed by atoms with E-state index in [1.54, 1.807) is 0 Å². The highest BCUT2D eigenvalue weighted by Crippen LogP contribution is 2.29. The van der Waals surface area contributed by atoms with Gasteiger partial charge in [0.15, 0.2) is 0 Å². The maximum Gasteiger partial charge on any atom is 0.416 e. The Morgan fingerprint density at radius 1 is 0.963 bits per heavy atom. The van der Waals surface area contributed by atoms with Crippen molar-refractivity contribution in [3.63, 3.8) is 0 Å². The summed E-state index contributed by atoms with van der Waals surface area (Å²) in [4.78, 5) is 16.4. The summed E-state index contributed by atoms with van der Waals surface area (Å²) in [5.74, 6) is 0.364. The standard InChI is InChI=1S/C20H18F3N3O/c21-20(22,23)16-6-3-4-14(12-16)13-19(27)25-11-10-24-18-9-8-15-5-1-2-7-17(15)26-18/h1-9,12H,10-11,13H2,(H,24,26)(H,25,27). The number of benzene rings is 2. The van der Waals surface area contributed by atoms with E-state index in [1.165, 1.54) is 12.1 Å². The molecule has 140 valence electrons. The second kappa shape index (κ2) is 8.07. The lowest BCUT2D eigenvalue weighted by molar-refractivity contribution is -0.137. The number of nitrogens with one attached hydrogen (secondary N) is 2. The van der Waals surface area contributed by atoms with Crippen LogP contribution in [-0.4, -0.2) is 24.0 Å². The van der Waals surface area contributed by atoms with Gasteiger partial charge in [-0.15, -0.1) is 0 Å². The molecule has 2 N–H and O–H groups in total. The van der Waals surface area contributed by atoms with E-state index in [0.29, 0.717) is 24.5 Å². The quantitative estimate of drug-likeness (QED) is 0.642. The van der Waals surface area contributed by atoms with Gasteiger partial charge in [-0.25, -0.2) is 4.98 Å². The van der Waals surface area contributed by atoms with Gasteiger partial charge in [0.05, 0.1) is 17.5 Å². The molecule has 0 bridgehead atoms. The summed E-state index contributed by atoms with van der Waals surface area (Å²) in [5, 5.41) is 6.84. The van der Waals surface area contributed by atoms with Crippen LogP contribution in [0.25, 0.3) is 10.9 Å². The molecule has 0 radical (unpaired) electrons. The van der Waals surface area contributed by atoms with Gasteiger partial charge in [0.1, 0.15) is 5.82 Å². The number of alkyl halides is 3. The zero-order chi connectivity index (χ0) is 19.3. The summed E-state index contributed by atoms with van der Waals surface area (Å²) in [6.45, 7) is 0.798. The molecule has 0 aliphatic rings. The molecule has 3 rings (SSSR count). The minimum Gasteiger partial charge on any atom is -0.368 e. The maximum absolute atomic E-state index is 12.7. The Hall–Kier alpha value is -3.09. The van der Waals surface area contributed by atoms with E-state index in [-0.39, 0.29) is 12.3 Å². The van der Waals surface area contributed by atoms with Crippen LogP contribution < -0.4 is 10.6 Å². The third kappa shape index (κ3) is 5.20. The smallest absolute Gasteiger partial charge is 0.368 e. The minimum absolute atomic E-state index is 0.0991. The number of para-hydroxylation sites is 1. The predicted octanol–water partition coefficient (Wildman–Crippen LogP) is 4.02. The van der Waals surface area contributed by atoms with Crippen molar-refractivity contribution in [3.05, 3.63) is 71.8 Å². The fraction of sp³-hybridized carbons (Fsp3) is 0.200. The van der Waals surface area contributed by atoms with Crippen LogP contribution in [-0.2, 0) is 17.4 Å². The number of anilines is 1. The van der Waals surface area contributed by atoms with Crippen molar-refractivity contribution < 1.29 is 18.0 Å². The molecule has 1 aromatic heterocycles. The first-order valence-electron chi connectivity index (χ1n) is 8.44. The third-order valence-electron chi connectivity index (χ3n) is 3.97. The number of hydrogen-bond donors (Lipinski definition) is 2. The number of fused-ring (bicyclic) bond motifs is 1. The first-order valence-corrected chi connectivity index (χ1v) is 8.44. The molecule has 0 unspecified atom stereocenters. The van der Waals surface area contributed by atoms with E-state index in [2.05, 4.69) is 15.6 Å². The topological polar surface area (TPSA) is 54.0 Å². The molecule has 0 aliphatic heterocycles. The van der Waals surface area contributed by atoms with Gasteiger partial charge < -0.3 is 10.6 Å². The van der Waals surface area contributed by atoms with Crippen LogP contribution in [0, 0.1) is 0 Å². The first kappa shape index (κ1) is 18.7. The van der Waals surface area contributed by atoms with Crippen LogP contribution >= 0.6 is 0 Å². The number of aromatic nitrogens is 1. The Labute approximate surface area is 154 Å².